The van der Waals surface area contributed by atoms with Gasteiger partial charge in [-0.25, -0.2) is 0 Å². The predicted molar refractivity (Wildman–Crippen MR) is 88.8 cm³/mol. The average Bonchev–Trinajstić information content (AvgIpc) is 2.54. The van der Waals surface area contributed by atoms with Gasteiger partial charge in [-0.2, -0.15) is 5.06 Å². The topological polar surface area (TPSA) is 83.6 Å². The molecule has 5 heteroatoms. The Bertz CT molecular complexity index is 736. The maximum absolute atomic E-state index is 12.2. The van der Waals surface area contributed by atoms with Crippen molar-refractivity contribution in [3.63, 3.8) is 0 Å². The standard InChI is InChI=1S/C18H18N2O3/c1-13-6-8-14(9-7-13)12-18(22)20(23)16-5-3-2-4-15(16)10-11-17(19)21/h2-11,23H,12H2,1H3,(H2,19,21)/b11-10+. The first kappa shape index (κ1) is 16.5. The molecular formula is C18H18N2O3. The molecule has 0 radical (unpaired) electrons. The fourth-order valence-electron chi connectivity index (χ4n) is 2.08. The zero-order chi connectivity index (χ0) is 16.8. The van der Waals surface area contributed by atoms with Crippen molar-refractivity contribution in [3.8, 4) is 0 Å². The lowest BCUT2D eigenvalue weighted by Crippen LogP contribution is -2.29. The number of hydroxylamine groups is 1. The molecule has 5 nitrogen and oxygen atoms in total. The first-order valence-electron chi connectivity index (χ1n) is 7.11. The number of primary amides is 1. The number of hydrogen-bond acceptors (Lipinski definition) is 3. The number of carbonyl (C=O) groups is 2. The fraction of sp³-hybridized carbons (Fsp3) is 0.111. The number of nitrogens with zero attached hydrogens (tertiary/aromatic N) is 1. The van der Waals surface area contributed by atoms with Crippen LogP contribution in [0.3, 0.4) is 0 Å². The maximum Gasteiger partial charge on any atom is 0.255 e. The quantitative estimate of drug-likeness (QED) is 0.505. The van der Waals surface area contributed by atoms with Crippen molar-refractivity contribution in [3.05, 3.63) is 71.3 Å². The van der Waals surface area contributed by atoms with E-state index >= 15 is 0 Å². The third-order valence-electron chi connectivity index (χ3n) is 3.30. The van der Waals surface area contributed by atoms with Crippen molar-refractivity contribution < 1.29 is 14.8 Å². The second-order valence-electron chi connectivity index (χ2n) is 5.16. The van der Waals surface area contributed by atoms with E-state index in [2.05, 4.69) is 0 Å². The van der Waals surface area contributed by atoms with Crippen LogP contribution in [0.1, 0.15) is 16.7 Å². The molecule has 0 saturated heterocycles. The predicted octanol–water partition coefficient (Wildman–Crippen LogP) is 2.46. The smallest absolute Gasteiger partial charge is 0.255 e. The van der Waals surface area contributed by atoms with Gasteiger partial charge in [0.2, 0.25) is 5.91 Å². The van der Waals surface area contributed by atoms with Gasteiger partial charge in [0.25, 0.3) is 5.91 Å². The number of aryl methyl sites for hydroxylation is 1. The summed E-state index contributed by atoms with van der Waals surface area (Å²) in [6, 6.07) is 14.2. The molecule has 23 heavy (non-hydrogen) atoms. The minimum absolute atomic E-state index is 0.0741. The number of para-hydroxylation sites is 1. The summed E-state index contributed by atoms with van der Waals surface area (Å²) in [6.07, 6.45) is 2.71. The van der Waals surface area contributed by atoms with E-state index in [0.717, 1.165) is 11.1 Å². The van der Waals surface area contributed by atoms with Crippen LogP contribution in [0.2, 0.25) is 0 Å². The van der Waals surface area contributed by atoms with Crippen molar-refractivity contribution >= 4 is 23.6 Å². The number of anilines is 1. The molecule has 3 N–H and O–H groups in total. The van der Waals surface area contributed by atoms with Gasteiger partial charge in [0.1, 0.15) is 0 Å². The SMILES string of the molecule is Cc1ccc(CC(=O)N(O)c2ccccc2/C=C/C(N)=O)cc1. The van der Waals surface area contributed by atoms with Crippen LogP contribution in [0.5, 0.6) is 0 Å². The van der Waals surface area contributed by atoms with Crippen LogP contribution in [-0.4, -0.2) is 17.0 Å². The number of nitrogens with two attached hydrogens (primary N) is 1. The highest BCUT2D eigenvalue weighted by Gasteiger charge is 2.16. The van der Waals surface area contributed by atoms with Gasteiger partial charge in [0.05, 0.1) is 12.1 Å². The van der Waals surface area contributed by atoms with Gasteiger partial charge in [-0.05, 0) is 24.6 Å². The Hall–Kier alpha value is -2.92. The molecule has 0 spiro atoms. The Morgan fingerprint density at radius 1 is 1.13 bits per heavy atom. The van der Waals surface area contributed by atoms with Crippen LogP contribution in [-0.2, 0) is 16.0 Å². The number of amides is 2. The summed E-state index contributed by atoms with van der Waals surface area (Å²) in [5.41, 5.74) is 7.80. The van der Waals surface area contributed by atoms with Gasteiger partial charge >= 0.3 is 0 Å². The molecule has 0 atom stereocenters. The summed E-state index contributed by atoms with van der Waals surface area (Å²) < 4.78 is 0. The highest BCUT2D eigenvalue weighted by molar-refractivity contribution is 5.96. The molecule has 2 aromatic carbocycles. The minimum Gasteiger partial charge on any atom is -0.366 e. The monoisotopic (exact) mass is 310 g/mol. The minimum atomic E-state index is -0.602. The summed E-state index contributed by atoms with van der Waals surface area (Å²) in [5, 5.41) is 10.8. The van der Waals surface area contributed by atoms with Gasteiger partial charge in [-0.1, -0.05) is 48.0 Å². The van der Waals surface area contributed by atoms with E-state index in [0.29, 0.717) is 16.3 Å². The summed E-state index contributed by atoms with van der Waals surface area (Å²) in [6.45, 7) is 1.96. The zero-order valence-electron chi connectivity index (χ0n) is 12.8. The molecule has 0 unspecified atom stereocenters. The number of hydrogen-bond donors (Lipinski definition) is 2. The fourth-order valence-corrected chi connectivity index (χ4v) is 2.08. The van der Waals surface area contributed by atoms with Gasteiger partial charge in [-0.15, -0.1) is 0 Å². The molecule has 2 aromatic rings. The summed E-state index contributed by atoms with van der Waals surface area (Å²) in [7, 11) is 0. The molecule has 0 aromatic heterocycles. The largest absolute Gasteiger partial charge is 0.366 e. The van der Waals surface area contributed by atoms with Gasteiger partial charge in [-0.3, -0.25) is 14.8 Å². The zero-order valence-corrected chi connectivity index (χ0v) is 12.8. The van der Waals surface area contributed by atoms with E-state index < -0.39 is 11.8 Å². The third kappa shape index (κ3) is 4.52. The third-order valence-corrected chi connectivity index (χ3v) is 3.30. The lowest BCUT2D eigenvalue weighted by atomic mass is 10.1. The molecule has 0 saturated carbocycles. The summed E-state index contributed by atoms with van der Waals surface area (Å²) in [5.74, 6) is -1.07. The summed E-state index contributed by atoms with van der Waals surface area (Å²) >= 11 is 0. The van der Waals surface area contributed by atoms with E-state index in [1.165, 1.54) is 12.2 Å². The maximum atomic E-state index is 12.2. The van der Waals surface area contributed by atoms with Crippen LogP contribution in [0.25, 0.3) is 6.08 Å². The van der Waals surface area contributed by atoms with Crippen molar-refractivity contribution in [1.29, 1.82) is 0 Å². The van der Waals surface area contributed by atoms with Gasteiger partial charge < -0.3 is 5.73 Å². The molecular weight excluding hydrogens is 292 g/mol. The van der Waals surface area contributed by atoms with Crippen LogP contribution >= 0.6 is 0 Å². The van der Waals surface area contributed by atoms with Crippen LogP contribution in [0.4, 0.5) is 5.69 Å². The Morgan fingerprint density at radius 2 is 1.78 bits per heavy atom. The Morgan fingerprint density at radius 3 is 2.43 bits per heavy atom. The Balaban J connectivity index is 2.19. The molecule has 0 aliphatic rings. The van der Waals surface area contributed by atoms with E-state index in [9.17, 15) is 14.8 Å². The average molecular weight is 310 g/mol. The molecule has 2 rings (SSSR count). The van der Waals surface area contributed by atoms with E-state index in [1.807, 2.05) is 31.2 Å². The van der Waals surface area contributed by atoms with Crippen LogP contribution in [0, 0.1) is 6.92 Å². The van der Waals surface area contributed by atoms with Crippen molar-refractivity contribution in [2.45, 2.75) is 13.3 Å². The highest BCUT2D eigenvalue weighted by Crippen LogP contribution is 2.21. The highest BCUT2D eigenvalue weighted by atomic mass is 16.5. The first-order valence-corrected chi connectivity index (χ1v) is 7.11. The number of benzene rings is 2. The van der Waals surface area contributed by atoms with E-state index in [-0.39, 0.29) is 6.42 Å². The molecule has 2 amide bonds. The molecule has 0 fully saturated rings. The number of carbonyl (C=O) groups excluding carboxylic acids is 2. The van der Waals surface area contributed by atoms with Crippen molar-refractivity contribution in [2.75, 3.05) is 5.06 Å². The van der Waals surface area contributed by atoms with Crippen LogP contribution < -0.4 is 10.8 Å². The summed E-state index contributed by atoms with van der Waals surface area (Å²) in [4.78, 5) is 23.1. The van der Waals surface area contributed by atoms with Gasteiger partial charge in [0, 0.05) is 11.6 Å². The van der Waals surface area contributed by atoms with Crippen molar-refractivity contribution in [1.82, 2.24) is 0 Å². The second-order valence-corrected chi connectivity index (χ2v) is 5.16. The number of rotatable bonds is 5. The molecule has 0 aliphatic carbocycles. The van der Waals surface area contributed by atoms with Gasteiger partial charge in [0.15, 0.2) is 0 Å². The molecule has 118 valence electrons. The second kappa shape index (κ2) is 7.38. The van der Waals surface area contributed by atoms with Crippen molar-refractivity contribution in [2.24, 2.45) is 5.73 Å². The Kier molecular flexibility index (Phi) is 5.28. The first-order chi connectivity index (χ1) is 11.0. The normalized spacial score (nSPS) is 10.7. The lowest BCUT2D eigenvalue weighted by Gasteiger charge is -2.17. The van der Waals surface area contributed by atoms with E-state index in [4.69, 9.17) is 5.73 Å². The Labute approximate surface area is 134 Å². The molecule has 0 aliphatic heterocycles. The van der Waals surface area contributed by atoms with Crippen LogP contribution in [0.15, 0.2) is 54.6 Å². The molecule has 0 bridgehead atoms. The molecule has 0 heterocycles. The van der Waals surface area contributed by atoms with E-state index in [1.54, 1.807) is 24.3 Å². The lowest BCUT2D eigenvalue weighted by molar-refractivity contribution is -0.123.